The SMILES string of the molecule is CC(Nc1cc(C(N)=O)nc(-c2ccc(Oc3ccccc3-c3ccnn3C)cc2)n1)C(N)=O. The maximum absolute atomic E-state index is 11.8. The summed E-state index contributed by atoms with van der Waals surface area (Å²) in [5, 5.41) is 7.07. The predicted molar refractivity (Wildman–Crippen MR) is 127 cm³/mol. The topological polar surface area (TPSA) is 151 Å². The third kappa shape index (κ3) is 4.85. The Kier molecular flexibility index (Phi) is 6.22. The smallest absolute Gasteiger partial charge is 0.267 e. The number of nitrogens with two attached hydrogens (primary N) is 2. The molecule has 0 fully saturated rings. The van der Waals surface area contributed by atoms with Crippen molar-refractivity contribution in [1.29, 1.82) is 0 Å². The highest BCUT2D eigenvalue weighted by Crippen LogP contribution is 2.33. The molecular formula is C24H23N7O3. The first-order valence-electron chi connectivity index (χ1n) is 10.4. The van der Waals surface area contributed by atoms with E-state index in [0.29, 0.717) is 17.1 Å². The number of para-hydroxylation sites is 1. The van der Waals surface area contributed by atoms with Crippen LogP contribution in [0.5, 0.6) is 11.5 Å². The molecular weight excluding hydrogens is 434 g/mol. The van der Waals surface area contributed by atoms with Crippen LogP contribution in [0.3, 0.4) is 0 Å². The second-order valence-corrected chi connectivity index (χ2v) is 7.56. The molecule has 0 radical (unpaired) electrons. The van der Waals surface area contributed by atoms with Gasteiger partial charge in [-0.3, -0.25) is 14.3 Å². The number of carbonyl (C=O) groups excluding carboxylic acids is 2. The van der Waals surface area contributed by atoms with Gasteiger partial charge in [0.25, 0.3) is 5.91 Å². The molecule has 2 amide bonds. The van der Waals surface area contributed by atoms with Gasteiger partial charge in [0.2, 0.25) is 5.91 Å². The highest BCUT2D eigenvalue weighted by molar-refractivity contribution is 5.92. The molecule has 1 unspecified atom stereocenters. The van der Waals surface area contributed by atoms with Crippen molar-refractivity contribution in [3.63, 3.8) is 0 Å². The molecule has 1 atom stereocenters. The number of nitrogens with zero attached hydrogens (tertiary/aromatic N) is 4. The maximum atomic E-state index is 11.8. The van der Waals surface area contributed by atoms with E-state index in [1.807, 2.05) is 37.4 Å². The molecule has 0 spiro atoms. The maximum Gasteiger partial charge on any atom is 0.267 e. The van der Waals surface area contributed by atoms with Gasteiger partial charge in [-0.25, -0.2) is 9.97 Å². The molecule has 172 valence electrons. The first-order chi connectivity index (χ1) is 16.3. The van der Waals surface area contributed by atoms with Crippen LogP contribution in [-0.4, -0.2) is 37.6 Å². The van der Waals surface area contributed by atoms with Crippen molar-refractivity contribution < 1.29 is 14.3 Å². The summed E-state index contributed by atoms with van der Waals surface area (Å²) in [5.74, 6) is 0.523. The summed E-state index contributed by atoms with van der Waals surface area (Å²) in [5.41, 5.74) is 13.2. The van der Waals surface area contributed by atoms with Gasteiger partial charge in [0.1, 0.15) is 29.1 Å². The van der Waals surface area contributed by atoms with Crippen LogP contribution in [0.25, 0.3) is 22.6 Å². The Labute approximate surface area is 195 Å². The average Bonchev–Trinajstić information content (AvgIpc) is 3.25. The van der Waals surface area contributed by atoms with Crippen molar-refractivity contribution in [2.75, 3.05) is 5.32 Å². The predicted octanol–water partition coefficient (Wildman–Crippen LogP) is 2.72. The van der Waals surface area contributed by atoms with Crippen molar-refractivity contribution in [3.05, 3.63) is 72.6 Å². The monoisotopic (exact) mass is 457 g/mol. The molecule has 0 aliphatic heterocycles. The summed E-state index contributed by atoms with van der Waals surface area (Å²) in [6.07, 6.45) is 1.73. The van der Waals surface area contributed by atoms with Crippen LogP contribution in [0.15, 0.2) is 66.9 Å². The summed E-state index contributed by atoms with van der Waals surface area (Å²) in [6, 6.07) is 17.4. The van der Waals surface area contributed by atoms with E-state index in [9.17, 15) is 9.59 Å². The number of carbonyl (C=O) groups is 2. The number of aromatic nitrogens is 4. The summed E-state index contributed by atoms with van der Waals surface area (Å²) < 4.78 is 7.90. The molecule has 34 heavy (non-hydrogen) atoms. The van der Waals surface area contributed by atoms with Crippen molar-refractivity contribution >= 4 is 17.6 Å². The fourth-order valence-electron chi connectivity index (χ4n) is 3.27. The van der Waals surface area contributed by atoms with E-state index in [2.05, 4.69) is 20.4 Å². The fourth-order valence-corrected chi connectivity index (χ4v) is 3.27. The van der Waals surface area contributed by atoms with Crippen LogP contribution < -0.4 is 21.5 Å². The van der Waals surface area contributed by atoms with Gasteiger partial charge in [0, 0.05) is 30.4 Å². The molecule has 0 bridgehead atoms. The normalized spacial score (nSPS) is 11.6. The van der Waals surface area contributed by atoms with E-state index in [-0.39, 0.29) is 17.3 Å². The van der Waals surface area contributed by atoms with Crippen LogP contribution in [0.4, 0.5) is 5.82 Å². The number of ether oxygens (including phenoxy) is 1. The van der Waals surface area contributed by atoms with Crippen molar-refractivity contribution in [1.82, 2.24) is 19.7 Å². The lowest BCUT2D eigenvalue weighted by Crippen LogP contribution is -2.33. The van der Waals surface area contributed by atoms with E-state index in [1.54, 1.807) is 42.1 Å². The largest absolute Gasteiger partial charge is 0.457 e. The Morgan fingerprint density at radius 1 is 1.03 bits per heavy atom. The zero-order chi connectivity index (χ0) is 24.2. The highest BCUT2D eigenvalue weighted by Gasteiger charge is 2.15. The minimum Gasteiger partial charge on any atom is -0.457 e. The van der Waals surface area contributed by atoms with E-state index in [0.717, 1.165) is 11.3 Å². The number of anilines is 1. The van der Waals surface area contributed by atoms with Gasteiger partial charge in [0.05, 0.1) is 5.69 Å². The van der Waals surface area contributed by atoms with Crippen LogP contribution >= 0.6 is 0 Å². The summed E-state index contributed by atoms with van der Waals surface area (Å²) >= 11 is 0. The van der Waals surface area contributed by atoms with Gasteiger partial charge in [-0.05, 0) is 49.4 Å². The van der Waals surface area contributed by atoms with Crippen molar-refractivity contribution in [2.45, 2.75) is 13.0 Å². The first-order valence-corrected chi connectivity index (χ1v) is 10.4. The number of benzene rings is 2. The number of rotatable bonds is 8. The second kappa shape index (κ2) is 9.41. The number of hydrogen-bond donors (Lipinski definition) is 3. The lowest BCUT2D eigenvalue weighted by molar-refractivity contribution is -0.118. The molecule has 5 N–H and O–H groups in total. The minimum absolute atomic E-state index is 0.00889. The van der Waals surface area contributed by atoms with E-state index >= 15 is 0 Å². The van der Waals surface area contributed by atoms with E-state index < -0.39 is 17.9 Å². The van der Waals surface area contributed by atoms with Gasteiger partial charge in [-0.1, -0.05) is 12.1 Å². The Morgan fingerprint density at radius 2 is 1.76 bits per heavy atom. The third-order valence-corrected chi connectivity index (χ3v) is 5.09. The van der Waals surface area contributed by atoms with Gasteiger partial charge in [-0.2, -0.15) is 5.10 Å². The molecule has 0 saturated carbocycles. The lowest BCUT2D eigenvalue weighted by Gasteiger charge is -2.13. The molecule has 2 aromatic carbocycles. The van der Waals surface area contributed by atoms with E-state index in [4.69, 9.17) is 16.2 Å². The Bertz CT molecular complexity index is 1350. The second-order valence-electron chi connectivity index (χ2n) is 7.56. The molecule has 2 aromatic heterocycles. The quantitative estimate of drug-likeness (QED) is 0.368. The molecule has 0 aliphatic rings. The molecule has 4 aromatic rings. The summed E-state index contributed by atoms with van der Waals surface area (Å²) in [7, 11) is 1.87. The number of aryl methyl sites for hydroxylation is 1. The lowest BCUT2D eigenvalue weighted by atomic mass is 10.1. The van der Waals surface area contributed by atoms with Crippen LogP contribution in [0, 0.1) is 0 Å². The van der Waals surface area contributed by atoms with Gasteiger partial charge in [-0.15, -0.1) is 0 Å². The standard InChI is InChI=1S/C24H23N7O3/c1-14(22(25)32)28-21-13-18(23(26)33)29-24(30-21)15-7-9-16(10-8-15)34-20-6-4-3-5-17(20)19-11-12-27-31(19)2/h3-14H,1-2H3,(H2,25,32)(H2,26,33)(H,28,29,30). The molecule has 0 saturated heterocycles. The number of primary amides is 2. The van der Waals surface area contributed by atoms with Crippen LogP contribution in [0.1, 0.15) is 17.4 Å². The summed E-state index contributed by atoms with van der Waals surface area (Å²) in [4.78, 5) is 31.8. The summed E-state index contributed by atoms with van der Waals surface area (Å²) in [6.45, 7) is 1.59. The molecule has 4 rings (SSSR count). The molecule has 2 heterocycles. The van der Waals surface area contributed by atoms with Gasteiger partial charge >= 0.3 is 0 Å². The molecule has 10 heteroatoms. The Balaban J connectivity index is 1.61. The van der Waals surface area contributed by atoms with Crippen LogP contribution in [0.2, 0.25) is 0 Å². The number of nitrogens with one attached hydrogen (secondary N) is 1. The van der Waals surface area contributed by atoms with E-state index in [1.165, 1.54) is 6.07 Å². The average molecular weight is 457 g/mol. The highest BCUT2D eigenvalue weighted by atomic mass is 16.5. The zero-order valence-corrected chi connectivity index (χ0v) is 18.6. The Morgan fingerprint density at radius 3 is 2.41 bits per heavy atom. The number of hydrogen-bond acceptors (Lipinski definition) is 7. The number of amides is 2. The minimum atomic E-state index is -0.717. The van der Waals surface area contributed by atoms with Crippen molar-refractivity contribution in [3.8, 4) is 34.1 Å². The third-order valence-electron chi connectivity index (χ3n) is 5.09. The molecule has 0 aliphatic carbocycles. The zero-order valence-electron chi connectivity index (χ0n) is 18.6. The molecule has 10 nitrogen and oxygen atoms in total. The van der Waals surface area contributed by atoms with Crippen LogP contribution in [-0.2, 0) is 11.8 Å². The Hall–Kier alpha value is -4.73. The van der Waals surface area contributed by atoms with Crippen molar-refractivity contribution in [2.24, 2.45) is 18.5 Å². The fraction of sp³-hybridized carbons (Fsp3) is 0.125. The first kappa shape index (κ1) is 22.5. The van der Waals surface area contributed by atoms with Gasteiger partial charge < -0.3 is 21.5 Å². The van der Waals surface area contributed by atoms with Gasteiger partial charge in [0.15, 0.2) is 5.82 Å².